The summed E-state index contributed by atoms with van der Waals surface area (Å²) in [5, 5.41) is 7.16. The maximum Gasteiger partial charge on any atom is 0.255 e. The van der Waals surface area contributed by atoms with Gasteiger partial charge in [-0.25, -0.2) is 9.07 Å². The van der Waals surface area contributed by atoms with Gasteiger partial charge >= 0.3 is 0 Å². The molecule has 0 saturated heterocycles. The molecule has 1 heterocycles. The molecule has 146 valence electrons. The molecule has 0 unspecified atom stereocenters. The van der Waals surface area contributed by atoms with Crippen molar-refractivity contribution in [3.05, 3.63) is 64.2 Å². The summed E-state index contributed by atoms with van der Waals surface area (Å²) in [6, 6.07) is 9.22. The van der Waals surface area contributed by atoms with Gasteiger partial charge in [0.1, 0.15) is 5.69 Å². The van der Waals surface area contributed by atoms with Crippen molar-refractivity contribution >= 4 is 23.2 Å². The minimum atomic E-state index is -0.505. The number of ether oxygens (including phenoxy) is 2. The molecule has 0 aliphatic heterocycles. The van der Waals surface area contributed by atoms with Gasteiger partial charge in [-0.15, -0.1) is 0 Å². The van der Waals surface area contributed by atoms with Gasteiger partial charge in [-0.2, -0.15) is 5.10 Å². The standard InChI is InChI=1S/C20H19ClFN3O3/c1-11-7-12(2)25(24-11)17-6-5-14(10-16(17)22)23-20(26)13-8-15(21)19(28-4)18(9-13)27-3/h5-10H,1-4H3,(H,23,26). The van der Waals surface area contributed by atoms with Crippen LogP contribution in [0, 0.1) is 19.7 Å². The molecule has 0 spiro atoms. The molecule has 1 amide bonds. The zero-order valence-corrected chi connectivity index (χ0v) is 16.6. The highest BCUT2D eigenvalue weighted by molar-refractivity contribution is 6.32. The number of hydrogen-bond donors (Lipinski definition) is 1. The summed E-state index contributed by atoms with van der Waals surface area (Å²) in [5.74, 6) is -0.303. The van der Waals surface area contributed by atoms with Crippen LogP contribution in [0.25, 0.3) is 5.69 Å². The van der Waals surface area contributed by atoms with Crippen molar-refractivity contribution in [3.63, 3.8) is 0 Å². The molecule has 28 heavy (non-hydrogen) atoms. The first-order valence-corrected chi connectivity index (χ1v) is 8.78. The normalized spacial score (nSPS) is 10.6. The summed E-state index contributed by atoms with van der Waals surface area (Å²) in [5.41, 5.74) is 2.47. The van der Waals surface area contributed by atoms with E-state index in [0.717, 1.165) is 11.4 Å². The number of carbonyl (C=O) groups is 1. The molecule has 0 aliphatic rings. The molecule has 0 aliphatic carbocycles. The fraction of sp³-hybridized carbons (Fsp3) is 0.200. The predicted octanol–water partition coefficient (Wildman–Crippen LogP) is 4.55. The van der Waals surface area contributed by atoms with Gasteiger partial charge in [0, 0.05) is 16.9 Å². The van der Waals surface area contributed by atoms with Gasteiger partial charge in [-0.1, -0.05) is 11.6 Å². The minimum absolute atomic E-state index is 0.234. The fourth-order valence-electron chi connectivity index (χ4n) is 2.88. The first-order chi connectivity index (χ1) is 13.3. The number of nitrogens with one attached hydrogen (secondary N) is 1. The number of benzene rings is 2. The molecule has 6 nitrogen and oxygen atoms in total. The maximum absolute atomic E-state index is 14.6. The van der Waals surface area contributed by atoms with Crippen molar-refractivity contribution in [1.82, 2.24) is 9.78 Å². The van der Waals surface area contributed by atoms with E-state index in [1.54, 1.807) is 12.1 Å². The number of aromatic nitrogens is 2. The van der Waals surface area contributed by atoms with Crippen LogP contribution < -0.4 is 14.8 Å². The Hall–Kier alpha value is -3.06. The van der Waals surface area contributed by atoms with Crippen molar-refractivity contribution in [2.45, 2.75) is 13.8 Å². The van der Waals surface area contributed by atoms with Crippen LogP contribution in [0.1, 0.15) is 21.7 Å². The highest BCUT2D eigenvalue weighted by Gasteiger charge is 2.16. The van der Waals surface area contributed by atoms with Crippen LogP contribution in [-0.4, -0.2) is 29.9 Å². The van der Waals surface area contributed by atoms with E-state index >= 15 is 0 Å². The summed E-state index contributed by atoms with van der Waals surface area (Å²) >= 11 is 6.14. The average Bonchev–Trinajstić information content (AvgIpc) is 2.98. The molecule has 0 atom stereocenters. The molecule has 3 rings (SSSR count). The topological polar surface area (TPSA) is 65.4 Å². The summed E-state index contributed by atoms with van der Waals surface area (Å²) < 4.78 is 26.5. The molecular formula is C20H19ClFN3O3. The summed E-state index contributed by atoms with van der Waals surface area (Å²) in [6.07, 6.45) is 0. The zero-order chi connectivity index (χ0) is 20.4. The Morgan fingerprint density at radius 3 is 2.46 bits per heavy atom. The van der Waals surface area contributed by atoms with Crippen LogP contribution in [0.2, 0.25) is 5.02 Å². The Bertz CT molecular complexity index is 1050. The van der Waals surface area contributed by atoms with Crippen molar-refractivity contribution in [2.24, 2.45) is 0 Å². The van der Waals surface area contributed by atoms with Crippen molar-refractivity contribution in [1.29, 1.82) is 0 Å². The van der Waals surface area contributed by atoms with E-state index in [9.17, 15) is 9.18 Å². The molecule has 2 aromatic carbocycles. The molecule has 0 radical (unpaired) electrons. The highest BCUT2D eigenvalue weighted by atomic mass is 35.5. The van der Waals surface area contributed by atoms with E-state index in [1.807, 2.05) is 19.9 Å². The number of anilines is 1. The van der Waals surface area contributed by atoms with Crippen LogP contribution >= 0.6 is 11.6 Å². The Morgan fingerprint density at radius 1 is 1.14 bits per heavy atom. The molecule has 8 heteroatoms. The number of carbonyl (C=O) groups excluding carboxylic acids is 1. The summed E-state index contributed by atoms with van der Waals surface area (Å²) in [6.45, 7) is 3.68. The number of rotatable bonds is 5. The second-order valence-corrected chi connectivity index (χ2v) is 6.56. The van der Waals surface area contributed by atoms with Crippen molar-refractivity contribution in [2.75, 3.05) is 19.5 Å². The quantitative estimate of drug-likeness (QED) is 0.678. The second kappa shape index (κ2) is 7.90. The smallest absolute Gasteiger partial charge is 0.255 e. The van der Waals surface area contributed by atoms with Crippen LogP contribution in [0.15, 0.2) is 36.4 Å². The van der Waals surface area contributed by atoms with Gasteiger partial charge in [0.05, 0.1) is 24.9 Å². The Morgan fingerprint density at radius 2 is 1.89 bits per heavy atom. The van der Waals surface area contributed by atoms with E-state index in [-0.39, 0.29) is 10.6 Å². The van der Waals surface area contributed by atoms with E-state index in [1.165, 1.54) is 37.1 Å². The van der Waals surface area contributed by atoms with Crippen molar-refractivity contribution in [3.8, 4) is 17.2 Å². The number of halogens is 2. The third-order valence-corrected chi connectivity index (χ3v) is 4.42. The molecule has 0 saturated carbocycles. The van der Waals surface area contributed by atoms with Crippen LogP contribution in [0.4, 0.5) is 10.1 Å². The number of amides is 1. The lowest BCUT2D eigenvalue weighted by molar-refractivity contribution is 0.102. The van der Waals surface area contributed by atoms with E-state index in [2.05, 4.69) is 10.4 Å². The third kappa shape index (κ3) is 3.80. The van der Waals surface area contributed by atoms with Gasteiger partial charge in [0.2, 0.25) is 0 Å². The molecule has 1 N–H and O–H groups in total. The monoisotopic (exact) mass is 403 g/mol. The lowest BCUT2D eigenvalue weighted by Crippen LogP contribution is -2.13. The van der Waals surface area contributed by atoms with Gasteiger partial charge in [0.25, 0.3) is 5.91 Å². The highest BCUT2D eigenvalue weighted by Crippen LogP contribution is 2.36. The zero-order valence-electron chi connectivity index (χ0n) is 15.8. The number of hydrogen-bond acceptors (Lipinski definition) is 4. The molecular weight excluding hydrogens is 385 g/mol. The largest absolute Gasteiger partial charge is 0.493 e. The number of nitrogens with zero attached hydrogens (tertiary/aromatic N) is 2. The summed E-state index contributed by atoms with van der Waals surface area (Å²) in [4.78, 5) is 12.6. The van der Waals surface area contributed by atoms with Gasteiger partial charge < -0.3 is 14.8 Å². The lowest BCUT2D eigenvalue weighted by atomic mass is 10.1. The van der Waals surface area contributed by atoms with Gasteiger partial charge in [-0.3, -0.25) is 4.79 Å². The van der Waals surface area contributed by atoms with Crippen LogP contribution in [-0.2, 0) is 0 Å². The summed E-state index contributed by atoms with van der Waals surface area (Å²) in [7, 11) is 2.90. The van der Waals surface area contributed by atoms with Gasteiger partial charge in [0.15, 0.2) is 17.3 Å². The average molecular weight is 404 g/mol. The first-order valence-electron chi connectivity index (χ1n) is 8.40. The van der Waals surface area contributed by atoms with Crippen molar-refractivity contribution < 1.29 is 18.7 Å². The minimum Gasteiger partial charge on any atom is -0.493 e. The van der Waals surface area contributed by atoms with Crippen LogP contribution in [0.5, 0.6) is 11.5 Å². The van der Waals surface area contributed by atoms with E-state index in [4.69, 9.17) is 21.1 Å². The predicted molar refractivity (Wildman–Crippen MR) is 106 cm³/mol. The number of methoxy groups -OCH3 is 2. The third-order valence-electron chi connectivity index (χ3n) is 4.14. The van der Waals surface area contributed by atoms with E-state index in [0.29, 0.717) is 22.9 Å². The van der Waals surface area contributed by atoms with Gasteiger partial charge in [-0.05, 0) is 50.2 Å². The lowest BCUT2D eigenvalue weighted by Gasteiger charge is -2.12. The van der Waals surface area contributed by atoms with Crippen LogP contribution in [0.3, 0.4) is 0 Å². The first kappa shape index (κ1) is 19.7. The Kier molecular flexibility index (Phi) is 5.56. The molecule has 1 aromatic heterocycles. The van der Waals surface area contributed by atoms with E-state index < -0.39 is 11.7 Å². The Labute approximate surface area is 166 Å². The molecule has 0 bridgehead atoms. The molecule has 3 aromatic rings. The second-order valence-electron chi connectivity index (χ2n) is 6.15. The SMILES string of the molecule is COc1cc(C(=O)Nc2ccc(-n3nc(C)cc3C)c(F)c2)cc(Cl)c1OC. The molecule has 0 fully saturated rings. The fourth-order valence-corrected chi connectivity index (χ4v) is 3.17. The number of aryl methyl sites for hydroxylation is 2. The maximum atomic E-state index is 14.6. The Balaban J connectivity index is 1.86.